The van der Waals surface area contributed by atoms with E-state index in [0.717, 1.165) is 44.3 Å². The largest absolute Gasteiger partial charge is 0.460 e. The third kappa shape index (κ3) is 6.42. The smallest absolute Gasteiger partial charge is 0.338 e. The summed E-state index contributed by atoms with van der Waals surface area (Å²) in [5.41, 5.74) is 4.79. The van der Waals surface area contributed by atoms with Crippen LogP contribution in [0.25, 0.3) is 0 Å². The number of nitrogens with zero attached hydrogens (tertiary/aromatic N) is 4. The third-order valence-corrected chi connectivity index (χ3v) is 5.83. The molecule has 2 heterocycles. The molecular formula is C24H30N6O6. The predicted molar refractivity (Wildman–Crippen MR) is 133 cm³/mol. The number of methoxy groups -OCH3 is 1. The summed E-state index contributed by atoms with van der Waals surface area (Å²) >= 11 is 0. The molecular weight excluding hydrogens is 468 g/mol. The summed E-state index contributed by atoms with van der Waals surface area (Å²) in [4.78, 5) is 33.2. The second-order valence-electron chi connectivity index (χ2n) is 8.44. The number of rotatable bonds is 10. The fraction of sp³-hybridized carbons (Fsp3) is 0.375. The highest BCUT2D eigenvalue weighted by Gasteiger charge is 2.22. The zero-order chi connectivity index (χ0) is 25.5. The second-order valence-corrected chi connectivity index (χ2v) is 8.44. The van der Waals surface area contributed by atoms with Crippen molar-refractivity contribution >= 4 is 28.7 Å². The number of carbonyl (C=O) groups is 1. The zero-order valence-electron chi connectivity index (χ0n) is 20.3. The van der Waals surface area contributed by atoms with Crippen molar-refractivity contribution in [2.75, 3.05) is 63.4 Å². The Morgan fingerprint density at radius 3 is 2.67 bits per heavy atom. The van der Waals surface area contributed by atoms with E-state index in [-0.39, 0.29) is 24.5 Å². The van der Waals surface area contributed by atoms with Crippen LogP contribution < -0.4 is 15.8 Å². The molecule has 0 spiro atoms. The van der Waals surface area contributed by atoms with Gasteiger partial charge >= 0.3 is 5.97 Å². The molecule has 2 N–H and O–H groups in total. The van der Waals surface area contributed by atoms with Gasteiger partial charge in [-0.1, -0.05) is 11.7 Å². The topological polar surface area (TPSA) is 122 Å². The minimum absolute atomic E-state index is 0.0739. The molecule has 12 heteroatoms. The van der Waals surface area contributed by atoms with Crippen LogP contribution in [-0.2, 0) is 14.3 Å². The lowest BCUT2D eigenvalue weighted by molar-refractivity contribution is -0.383. The monoisotopic (exact) mass is 498 g/mol. The first-order valence-electron chi connectivity index (χ1n) is 11.6. The molecule has 1 fully saturated rings. The van der Waals surface area contributed by atoms with Gasteiger partial charge in [0.05, 0.1) is 30.0 Å². The molecule has 2 aromatic rings. The second kappa shape index (κ2) is 11.7. The molecule has 2 aliphatic rings. The van der Waals surface area contributed by atoms with Crippen LogP contribution in [0.4, 0.5) is 22.7 Å². The Balaban J connectivity index is 1.39. The van der Waals surface area contributed by atoms with Crippen LogP contribution in [0.15, 0.2) is 54.4 Å². The molecule has 2 aromatic carbocycles. The third-order valence-electron chi connectivity index (χ3n) is 5.83. The van der Waals surface area contributed by atoms with E-state index in [9.17, 15) is 14.9 Å². The van der Waals surface area contributed by atoms with Gasteiger partial charge < -0.3 is 24.5 Å². The first-order chi connectivity index (χ1) is 17.4. The average molecular weight is 499 g/mol. The molecule has 2 aliphatic heterocycles. The van der Waals surface area contributed by atoms with Crippen molar-refractivity contribution in [3.05, 3.63) is 70.1 Å². The highest BCUT2D eigenvalue weighted by Crippen LogP contribution is 2.30. The van der Waals surface area contributed by atoms with E-state index in [4.69, 9.17) is 14.3 Å². The summed E-state index contributed by atoms with van der Waals surface area (Å²) in [5, 5.41) is 16.7. The van der Waals surface area contributed by atoms with Crippen LogP contribution in [0.3, 0.4) is 0 Å². The number of nitrogens with one attached hydrogen (secondary N) is 2. The molecule has 192 valence electrons. The molecule has 0 bridgehead atoms. The van der Waals surface area contributed by atoms with Crippen molar-refractivity contribution in [1.82, 2.24) is 15.5 Å². The van der Waals surface area contributed by atoms with Crippen molar-refractivity contribution in [2.45, 2.75) is 6.92 Å². The molecule has 1 saturated heterocycles. The number of ether oxygens (including phenoxy) is 2. The molecule has 0 unspecified atom stereocenters. The standard InChI is InChI=1S/C24H30N6O6/c1-18-16-29(26-36-18)17-27-8-10-28(11-9-27)21-5-3-4-20(15-21)25-22-7-6-19(14-23(22)30(32)33)24(31)35-13-12-34-2/h3-7,14-16,25-26H,8-13,17H2,1-2H3. The minimum Gasteiger partial charge on any atom is -0.460 e. The normalized spacial score (nSPS) is 15.9. The van der Waals surface area contributed by atoms with Gasteiger partial charge in [0.2, 0.25) is 0 Å². The highest BCUT2D eigenvalue weighted by molar-refractivity contribution is 5.91. The van der Waals surface area contributed by atoms with Crippen molar-refractivity contribution in [1.29, 1.82) is 0 Å². The number of hydrazine groups is 1. The van der Waals surface area contributed by atoms with Gasteiger partial charge in [-0.25, -0.2) is 4.79 Å². The van der Waals surface area contributed by atoms with Crippen molar-refractivity contribution < 1.29 is 24.0 Å². The Kier molecular flexibility index (Phi) is 8.21. The number of piperazine rings is 1. The summed E-state index contributed by atoms with van der Waals surface area (Å²) < 4.78 is 9.91. The van der Waals surface area contributed by atoms with E-state index in [1.807, 2.05) is 42.4 Å². The Labute approximate surface area is 209 Å². The minimum atomic E-state index is -0.637. The molecule has 0 amide bonds. The lowest BCUT2D eigenvalue weighted by atomic mass is 10.1. The molecule has 0 radical (unpaired) electrons. The molecule has 12 nitrogen and oxygen atoms in total. The maximum absolute atomic E-state index is 12.2. The van der Waals surface area contributed by atoms with Crippen molar-refractivity contribution in [3.8, 4) is 0 Å². The van der Waals surface area contributed by atoms with Gasteiger partial charge in [0.15, 0.2) is 0 Å². The fourth-order valence-corrected chi connectivity index (χ4v) is 3.99. The Morgan fingerprint density at radius 2 is 1.97 bits per heavy atom. The first-order valence-corrected chi connectivity index (χ1v) is 11.6. The van der Waals surface area contributed by atoms with E-state index < -0.39 is 10.9 Å². The zero-order valence-corrected chi connectivity index (χ0v) is 20.3. The Hall–Kier alpha value is -3.87. The van der Waals surface area contributed by atoms with Gasteiger partial charge in [0.25, 0.3) is 5.69 Å². The maximum atomic E-state index is 12.2. The van der Waals surface area contributed by atoms with Crippen molar-refractivity contribution in [2.24, 2.45) is 0 Å². The molecule has 0 aromatic heterocycles. The summed E-state index contributed by atoms with van der Waals surface area (Å²) in [6.45, 7) is 6.42. The van der Waals surface area contributed by atoms with Crippen LogP contribution in [-0.4, -0.2) is 74.0 Å². The van der Waals surface area contributed by atoms with E-state index >= 15 is 0 Å². The molecule has 0 atom stereocenters. The number of esters is 1. The number of anilines is 3. The lowest BCUT2D eigenvalue weighted by Gasteiger charge is -2.37. The number of benzene rings is 2. The summed E-state index contributed by atoms with van der Waals surface area (Å²) in [6, 6.07) is 12.0. The van der Waals surface area contributed by atoms with E-state index in [1.54, 1.807) is 0 Å². The summed E-state index contributed by atoms with van der Waals surface area (Å²) in [6.07, 6.45) is 1.93. The van der Waals surface area contributed by atoms with E-state index in [2.05, 4.69) is 20.7 Å². The molecule has 4 rings (SSSR count). The van der Waals surface area contributed by atoms with Gasteiger partial charge in [0, 0.05) is 50.7 Å². The summed E-state index contributed by atoms with van der Waals surface area (Å²) in [7, 11) is 1.50. The van der Waals surface area contributed by atoms with Gasteiger partial charge in [-0.2, -0.15) is 0 Å². The van der Waals surface area contributed by atoms with Crippen LogP contribution >= 0.6 is 0 Å². The van der Waals surface area contributed by atoms with E-state index in [1.165, 1.54) is 25.3 Å². The number of hydrogen-bond acceptors (Lipinski definition) is 11. The number of allylic oxidation sites excluding steroid dienone is 1. The van der Waals surface area contributed by atoms with Crippen LogP contribution in [0, 0.1) is 10.1 Å². The number of nitro groups is 1. The Morgan fingerprint density at radius 1 is 1.17 bits per heavy atom. The van der Waals surface area contributed by atoms with Gasteiger partial charge in [-0.3, -0.25) is 20.0 Å². The quantitative estimate of drug-likeness (QED) is 0.218. The van der Waals surface area contributed by atoms with E-state index in [0.29, 0.717) is 11.4 Å². The number of hydrogen-bond donors (Lipinski definition) is 2. The van der Waals surface area contributed by atoms with Crippen LogP contribution in [0.5, 0.6) is 0 Å². The fourth-order valence-electron chi connectivity index (χ4n) is 3.99. The highest BCUT2D eigenvalue weighted by atomic mass is 16.7. The van der Waals surface area contributed by atoms with Crippen LogP contribution in [0.1, 0.15) is 17.3 Å². The molecule has 0 aliphatic carbocycles. The Bertz CT molecular complexity index is 1120. The van der Waals surface area contributed by atoms with Gasteiger partial charge in [-0.05, 0) is 37.3 Å². The SMILES string of the molecule is COCCOC(=O)c1ccc(Nc2cccc(N3CCN(CN4C=C(C)ON4)CC3)c2)c([N+](=O)[O-])c1. The summed E-state index contributed by atoms with van der Waals surface area (Å²) in [5.74, 6) is 0.192. The molecule has 36 heavy (non-hydrogen) atoms. The maximum Gasteiger partial charge on any atom is 0.338 e. The average Bonchev–Trinajstić information content (AvgIpc) is 3.29. The first kappa shape index (κ1) is 25.2. The van der Waals surface area contributed by atoms with Gasteiger partial charge in [0.1, 0.15) is 18.1 Å². The lowest BCUT2D eigenvalue weighted by Crippen LogP contribution is -2.50. The van der Waals surface area contributed by atoms with Gasteiger partial charge in [-0.15, -0.1) is 0 Å². The van der Waals surface area contributed by atoms with Crippen molar-refractivity contribution in [3.63, 3.8) is 0 Å². The van der Waals surface area contributed by atoms with Crippen LogP contribution in [0.2, 0.25) is 0 Å². The number of nitro benzene ring substituents is 1. The number of carbonyl (C=O) groups excluding carboxylic acids is 1. The molecule has 0 saturated carbocycles. The predicted octanol–water partition coefficient (Wildman–Crippen LogP) is 2.83.